The van der Waals surface area contributed by atoms with Crippen LogP contribution in [0.2, 0.25) is 0 Å². The lowest BCUT2D eigenvalue weighted by Gasteiger charge is -2.31. The van der Waals surface area contributed by atoms with Gasteiger partial charge in [-0.05, 0) is 45.8 Å². The van der Waals surface area contributed by atoms with E-state index in [0.717, 1.165) is 18.9 Å². The van der Waals surface area contributed by atoms with E-state index in [1.165, 1.54) is 19.3 Å². The molecule has 1 fully saturated rings. The first-order chi connectivity index (χ1) is 5.20. The predicted molar refractivity (Wildman–Crippen MR) is 48.5 cm³/mol. The van der Waals surface area contributed by atoms with E-state index in [9.17, 15) is 0 Å². The van der Waals surface area contributed by atoms with Gasteiger partial charge < -0.3 is 10.6 Å². The van der Waals surface area contributed by atoms with Crippen LogP contribution >= 0.6 is 0 Å². The summed E-state index contributed by atoms with van der Waals surface area (Å²) in [5.74, 6) is 0.843. The van der Waals surface area contributed by atoms with Crippen LogP contribution in [0, 0.1) is 5.92 Å². The van der Waals surface area contributed by atoms with E-state index in [1.54, 1.807) is 0 Å². The van der Waals surface area contributed by atoms with Gasteiger partial charge in [-0.3, -0.25) is 0 Å². The van der Waals surface area contributed by atoms with Gasteiger partial charge in [-0.1, -0.05) is 6.42 Å². The maximum absolute atomic E-state index is 6.00. The zero-order chi connectivity index (χ0) is 8.27. The Labute approximate surface area is 69.8 Å². The second-order valence-corrected chi connectivity index (χ2v) is 3.95. The van der Waals surface area contributed by atoms with Gasteiger partial charge in [0, 0.05) is 6.04 Å². The molecule has 0 spiro atoms. The Hall–Kier alpha value is -0.0800. The molecule has 1 unspecified atom stereocenters. The van der Waals surface area contributed by atoms with E-state index in [-0.39, 0.29) is 0 Å². The maximum Gasteiger partial charge on any atom is 0.00793 e. The second kappa shape index (κ2) is 4.07. The molecule has 0 aromatic carbocycles. The Bertz CT molecular complexity index is 108. The van der Waals surface area contributed by atoms with E-state index < -0.39 is 0 Å². The summed E-state index contributed by atoms with van der Waals surface area (Å²) in [6, 6.07) is 0.464. The maximum atomic E-state index is 6.00. The molecule has 1 aliphatic rings. The normalized spacial score (nSPS) is 21.8. The Balaban J connectivity index is 2.05. The highest BCUT2D eigenvalue weighted by Crippen LogP contribution is 2.29. The lowest BCUT2D eigenvalue weighted by atomic mass is 9.79. The molecule has 1 aliphatic carbocycles. The van der Waals surface area contributed by atoms with Crippen molar-refractivity contribution in [3.8, 4) is 0 Å². The minimum atomic E-state index is 0.464. The minimum absolute atomic E-state index is 0.464. The molecule has 0 heterocycles. The van der Waals surface area contributed by atoms with Gasteiger partial charge in [0.05, 0.1) is 0 Å². The summed E-state index contributed by atoms with van der Waals surface area (Å²) in [6.07, 6.45) is 5.31. The monoisotopic (exact) mass is 156 g/mol. The fourth-order valence-corrected chi connectivity index (χ4v) is 1.51. The molecule has 0 aliphatic heterocycles. The topological polar surface area (TPSA) is 29.3 Å². The molecule has 2 nitrogen and oxygen atoms in total. The molecule has 0 amide bonds. The fraction of sp³-hybridized carbons (Fsp3) is 1.00. The number of rotatable bonds is 4. The molecule has 0 radical (unpaired) electrons. The Morgan fingerprint density at radius 2 is 2.09 bits per heavy atom. The average molecular weight is 156 g/mol. The molecule has 0 saturated heterocycles. The van der Waals surface area contributed by atoms with Crippen molar-refractivity contribution in [1.82, 2.24) is 4.90 Å². The highest BCUT2D eigenvalue weighted by molar-refractivity contribution is 4.80. The molecule has 0 bridgehead atoms. The lowest BCUT2D eigenvalue weighted by molar-refractivity contribution is 0.237. The van der Waals surface area contributed by atoms with Crippen molar-refractivity contribution in [2.24, 2.45) is 11.7 Å². The molecular formula is C9H20N2. The van der Waals surface area contributed by atoms with Gasteiger partial charge in [-0.2, -0.15) is 0 Å². The third-order valence-electron chi connectivity index (χ3n) is 2.66. The summed E-state index contributed by atoms with van der Waals surface area (Å²) < 4.78 is 0. The first kappa shape index (κ1) is 9.01. The quantitative estimate of drug-likeness (QED) is 0.659. The van der Waals surface area contributed by atoms with Crippen LogP contribution in [0.25, 0.3) is 0 Å². The van der Waals surface area contributed by atoms with Gasteiger partial charge >= 0.3 is 0 Å². The van der Waals surface area contributed by atoms with Crippen molar-refractivity contribution in [2.45, 2.75) is 31.7 Å². The molecule has 0 aromatic heterocycles. The van der Waals surface area contributed by atoms with Crippen molar-refractivity contribution >= 4 is 0 Å². The first-order valence-electron chi connectivity index (χ1n) is 4.60. The van der Waals surface area contributed by atoms with Crippen molar-refractivity contribution < 1.29 is 0 Å². The van der Waals surface area contributed by atoms with Crippen molar-refractivity contribution in [3.63, 3.8) is 0 Å². The summed E-state index contributed by atoms with van der Waals surface area (Å²) >= 11 is 0. The lowest BCUT2D eigenvalue weighted by Crippen LogP contribution is -2.36. The van der Waals surface area contributed by atoms with Gasteiger partial charge in [0.25, 0.3) is 0 Å². The summed E-state index contributed by atoms with van der Waals surface area (Å²) in [4.78, 5) is 2.21. The standard InChI is InChI=1S/C9H20N2/c1-11(2)7-6-9(10)8-4-3-5-8/h8-9H,3-7,10H2,1-2H3. The smallest absolute Gasteiger partial charge is 0.00793 e. The fourth-order valence-electron chi connectivity index (χ4n) is 1.51. The molecule has 1 rings (SSSR count). The molecule has 1 saturated carbocycles. The number of nitrogens with two attached hydrogens (primary N) is 1. The molecule has 66 valence electrons. The Morgan fingerprint density at radius 3 is 2.45 bits per heavy atom. The predicted octanol–water partition coefficient (Wildman–Crippen LogP) is 1.07. The minimum Gasteiger partial charge on any atom is -0.327 e. The highest BCUT2D eigenvalue weighted by Gasteiger charge is 2.23. The largest absolute Gasteiger partial charge is 0.327 e. The third kappa shape index (κ3) is 2.80. The van der Waals surface area contributed by atoms with E-state index in [1.807, 2.05) is 0 Å². The van der Waals surface area contributed by atoms with E-state index in [4.69, 9.17) is 5.73 Å². The van der Waals surface area contributed by atoms with Gasteiger partial charge in [0.15, 0.2) is 0 Å². The number of hydrogen-bond acceptors (Lipinski definition) is 2. The Kier molecular flexibility index (Phi) is 3.34. The zero-order valence-electron chi connectivity index (χ0n) is 7.71. The van der Waals surface area contributed by atoms with E-state index in [0.29, 0.717) is 6.04 Å². The SMILES string of the molecule is CN(C)CCC(N)C1CCC1. The summed E-state index contributed by atoms with van der Waals surface area (Å²) in [7, 11) is 4.21. The van der Waals surface area contributed by atoms with Crippen LogP contribution in [0.4, 0.5) is 0 Å². The van der Waals surface area contributed by atoms with Crippen molar-refractivity contribution in [1.29, 1.82) is 0 Å². The first-order valence-corrected chi connectivity index (χ1v) is 4.60. The zero-order valence-corrected chi connectivity index (χ0v) is 7.71. The molecule has 2 N–H and O–H groups in total. The van der Waals surface area contributed by atoms with Gasteiger partial charge in [0.1, 0.15) is 0 Å². The van der Waals surface area contributed by atoms with E-state index >= 15 is 0 Å². The Morgan fingerprint density at radius 1 is 1.45 bits per heavy atom. The number of hydrogen-bond donors (Lipinski definition) is 1. The van der Waals surface area contributed by atoms with Crippen LogP contribution in [0.3, 0.4) is 0 Å². The highest BCUT2D eigenvalue weighted by atomic mass is 15.0. The summed E-state index contributed by atoms with van der Waals surface area (Å²) in [5, 5.41) is 0. The van der Waals surface area contributed by atoms with Crippen LogP contribution < -0.4 is 5.73 Å². The molecule has 2 heteroatoms. The molecule has 1 atom stereocenters. The second-order valence-electron chi connectivity index (χ2n) is 3.95. The number of nitrogens with zero attached hydrogens (tertiary/aromatic N) is 1. The summed E-state index contributed by atoms with van der Waals surface area (Å²) in [6.45, 7) is 1.14. The van der Waals surface area contributed by atoms with Crippen LogP contribution in [-0.2, 0) is 0 Å². The molecule has 0 aromatic rings. The average Bonchev–Trinajstić information content (AvgIpc) is 1.79. The summed E-state index contributed by atoms with van der Waals surface area (Å²) in [5.41, 5.74) is 6.00. The van der Waals surface area contributed by atoms with Gasteiger partial charge in [-0.15, -0.1) is 0 Å². The van der Waals surface area contributed by atoms with Crippen LogP contribution in [-0.4, -0.2) is 31.6 Å². The van der Waals surface area contributed by atoms with Crippen LogP contribution in [0.1, 0.15) is 25.7 Å². The van der Waals surface area contributed by atoms with Crippen molar-refractivity contribution in [3.05, 3.63) is 0 Å². The van der Waals surface area contributed by atoms with Crippen LogP contribution in [0.5, 0.6) is 0 Å². The van der Waals surface area contributed by atoms with Crippen LogP contribution in [0.15, 0.2) is 0 Å². The third-order valence-corrected chi connectivity index (χ3v) is 2.66. The molecular weight excluding hydrogens is 136 g/mol. The van der Waals surface area contributed by atoms with E-state index in [2.05, 4.69) is 19.0 Å². The van der Waals surface area contributed by atoms with Gasteiger partial charge in [0.2, 0.25) is 0 Å². The molecule has 11 heavy (non-hydrogen) atoms. The van der Waals surface area contributed by atoms with Gasteiger partial charge in [-0.25, -0.2) is 0 Å². The van der Waals surface area contributed by atoms with Crippen molar-refractivity contribution in [2.75, 3.05) is 20.6 Å².